The fourth-order valence-corrected chi connectivity index (χ4v) is 12.6. The third kappa shape index (κ3) is 2.72. The van der Waals surface area contributed by atoms with Gasteiger partial charge in [-0.25, -0.2) is 0 Å². The van der Waals surface area contributed by atoms with Gasteiger partial charge in [-0.2, -0.15) is 0 Å². The van der Waals surface area contributed by atoms with Gasteiger partial charge in [0.25, 0.3) is 0 Å². The topological polar surface area (TPSA) is 21.3 Å². The predicted octanol–water partition coefficient (Wildman–Crippen LogP) is 8.40. The Bertz CT molecular complexity index is 2910. The fraction of sp³-hybridized carbons (Fsp3) is 0.0476. The number of benzene rings is 7. The van der Waals surface area contributed by atoms with Gasteiger partial charge in [0, 0.05) is 60.8 Å². The monoisotopic (exact) mass is 614 g/mol. The molecule has 0 aliphatic carbocycles. The van der Waals surface area contributed by atoms with E-state index >= 15 is 0 Å². The molecular weight excluding hydrogens is 587 g/mol. The molecule has 3 nitrogen and oxygen atoms in total. The summed E-state index contributed by atoms with van der Waals surface area (Å²) in [4.78, 5) is 2.61. The molecule has 0 radical (unpaired) electrons. The van der Waals surface area contributed by atoms with Crippen LogP contribution in [0.4, 0.5) is 17.1 Å². The van der Waals surface area contributed by atoms with E-state index in [1.807, 2.05) is 0 Å². The molecular formula is C42H27BN2OSi. The second-order valence-corrected chi connectivity index (χ2v) is 18.4. The predicted molar refractivity (Wildman–Crippen MR) is 202 cm³/mol. The van der Waals surface area contributed by atoms with Gasteiger partial charge >= 0.3 is 6.85 Å². The molecule has 3 aliphatic rings. The standard InChI is InChI=1S/C42H27BN2OSi/c1-47(2)35-19-8-6-17-31(35)44-33-23-29-26-13-5-7-18-34(26)46-42(29)38-28-15-9-14-27-37-25-12-4-3-11-24(25)21-22-32(37)45(40(27)28)43(39(33)38)30-16-10-20-36(47)41(30)44/h3-23H,1-2H3. The van der Waals surface area contributed by atoms with Gasteiger partial charge in [0.2, 0.25) is 0 Å². The first kappa shape index (κ1) is 24.7. The Balaban J connectivity index is 1.36. The van der Waals surface area contributed by atoms with Crippen molar-refractivity contribution in [3.63, 3.8) is 0 Å². The molecule has 218 valence electrons. The lowest BCUT2D eigenvalue weighted by Gasteiger charge is -2.47. The molecule has 2 aromatic heterocycles. The van der Waals surface area contributed by atoms with Crippen LogP contribution in [0.5, 0.6) is 0 Å². The van der Waals surface area contributed by atoms with E-state index in [0.29, 0.717) is 0 Å². The van der Waals surface area contributed by atoms with E-state index in [0.717, 1.165) is 11.2 Å². The Morgan fingerprint density at radius 2 is 1.40 bits per heavy atom. The number of hydrogen-bond acceptors (Lipinski definition) is 2. The third-order valence-electron chi connectivity index (χ3n) is 11.5. The van der Waals surface area contributed by atoms with Crippen molar-refractivity contribution in [3.05, 3.63) is 127 Å². The largest absolute Gasteiger partial charge is 0.455 e. The maximum absolute atomic E-state index is 6.89. The summed E-state index contributed by atoms with van der Waals surface area (Å²) >= 11 is 0. The molecule has 5 heteroatoms. The highest BCUT2D eigenvalue weighted by Crippen LogP contribution is 2.50. The molecule has 5 heterocycles. The van der Waals surface area contributed by atoms with E-state index < -0.39 is 8.07 Å². The van der Waals surface area contributed by atoms with E-state index in [2.05, 4.69) is 150 Å². The van der Waals surface area contributed by atoms with Crippen molar-refractivity contribution in [2.24, 2.45) is 0 Å². The number of para-hydroxylation sites is 4. The lowest BCUT2D eigenvalue weighted by Crippen LogP contribution is -2.65. The van der Waals surface area contributed by atoms with E-state index in [4.69, 9.17) is 4.42 Å². The number of furan rings is 1. The van der Waals surface area contributed by atoms with Crippen LogP contribution in [0.2, 0.25) is 13.1 Å². The van der Waals surface area contributed by atoms with Crippen LogP contribution in [-0.4, -0.2) is 19.4 Å². The minimum absolute atomic E-state index is 0.00920. The number of fused-ring (bicyclic) bond motifs is 15. The van der Waals surface area contributed by atoms with Gasteiger partial charge in [-0.05, 0) is 56.3 Å². The molecule has 0 saturated carbocycles. The minimum atomic E-state index is -2.01. The number of anilines is 3. The van der Waals surface area contributed by atoms with E-state index in [1.54, 1.807) is 0 Å². The Morgan fingerprint density at radius 1 is 0.638 bits per heavy atom. The first-order chi connectivity index (χ1) is 23.1. The van der Waals surface area contributed by atoms with Gasteiger partial charge in [0.15, 0.2) is 0 Å². The molecule has 7 aromatic carbocycles. The van der Waals surface area contributed by atoms with Crippen LogP contribution < -0.4 is 26.2 Å². The zero-order valence-corrected chi connectivity index (χ0v) is 27.0. The Hall–Kier alpha value is -5.52. The summed E-state index contributed by atoms with van der Waals surface area (Å²) < 4.78 is 9.56. The van der Waals surface area contributed by atoms with Crippen LogP contribution in [0.25, 0.3) is 65.6 Å². The lowest BCUT2D eigenvalue weighted by atomic mass is 9.45. The number of aromatic nitrogens is 1. The molecule has 3 aliphatic heterocycles. The first-order valence-electron chi connectivity index (χ1n) is 16.6. The van der Waals surface area contributed by atoms with Gasteiger partial charge in [-0.15, -0.1) is 0 Å². The van der Waals surface area contributed by atoms with Gasteiger partial charge in [-0.3, -0.25) is 0 Å². The zero-order chi connectivity index (χ0) is 30.8. The summed E-state index contributed by atoms with van der Waals surface area (Å²) in [5.41, 5.74) is 13.7. The first-order valence-corrected chi connectivity index (χ1v) is 19.6. The quantitative estimate of drug-likeness (QED) is 0.160. The molecule has 47 heavy (non-hydrogen) atoms. The second kappa shape index (κ2) is 8.06. The van der Waals surface area contributed by atoms with Crippen LogP contribution in [0.1, 0.15) is 0 Å². The summed E-state index contributed by atoms with van der Waals surface area (Å²) in [6.45, 7) is 5.06. The van der Waals surface area contributed by atoms with Gasteiger partial charge in [0.1, 0.15) is 19.2 Å². The molecule has 0 bridgehead atoms. The van der Waals surface area contributed by atoms with Crippen molar-refractivity contribution < 1.29 is 4.42 Å². The van der Waals surface area contributed by atoms with Gasteiger partial charge < -0.3 is 13.8 Å². The Morgan fingerprint density at radius 3 is 2.34 bits per heavy atom. The van der Waals surface area contributed by atoms with Crippen molar-refractivity contribution in [3.8, 4) is 11.1 Å². The van der Waals surface area contributed by atoms with E-state index in [-0.39, 0.29) is 6.85 Å². The van der Waals surface area contributed by atoms with Crippen LogP contribution in [-0.2, 0) is 0 Å². The zero-order valence-electron chi connectivity index (χ0n) is 26.0. The summed E-state index contributed by atoms with van der Waals surface area (Å²) in [5, 5.41) is 10.6. The summed E-state index contributed by atoms with van der Waals surface area (Å²) in [6, 6.07) is 47.7. The minimum Gasteiger partial charge on any atom is -0.455 e. The smallest absolute Gasteiger partial charge is 0.333 e. The average Bonchev–Trinajstić information content (AvgIpc) is 3.65. The summed E-state index contributed by atoms with van der Waals surface area (Å²) in [7, 11) is -2.01. The summed E-state index contributed by atoms with van der Waals surface area (Å²) in [6.07, 6.45) is 0. The normalized spacial score (nSPS) is 15.1. The van der Waals surface area contributed by atoms with Crippen LogP contribution in [0.3, 0.4) is 0 Å². The Kier molecular flexibility index (Phi) is 4.23. The van der Waals surface area contributed by atoms with Crippen molar-refractivity contribution in [2.75, 3.05) is 4.90 Å². The lowest BCUT2D eigenvalue weighted by molar-refractivity contribution is 0.670. The highest BCUT2D eigenvalue weighted by molar-refractivity contribution is 7.04. The number of nitrogens with zero attached hydrogens (tertiary/aromatic N) is 2. The maximum Gasteiger partial charge on any atom is 0.333 e. The van der Waals surface area contributed by atoms with E-state index in [1.165, 1.54) is 92.8 Å². The van der Waals surface area contributed by atoms with Crippen LogP contribution in [0, 0.1) is 0 Å². The van der Waals surface area contributed by atoms with Gasteiger partial charge in [-0.1, -0.05) is 116 Å². The second-order valence-electron chi connectivity index (χ2n) is 14.0. The van der Waals surface area contributed by atoms with Crippen LogP contribution >= 0.6 is 0 Å². The highest BCUT2D eigenvalue weighted by atomic mass is 28.3. The maximum atomic E-state index is 6.89. The fourth-order valence-electron chi connectivity index (χ4n) is 9.60. The molecule has 0 fully saturated rings. The molecule has 0 amide bonds. The highest BCUT2D eigenvalue weighted by Gasteiger charge is 2.49. The summed E-state index contributed by atoms with van der Waals surface area (Å²) in [5.74, 6) is 0. The van der Waals surface area contributed by atoms with Crippen molar-refractivity contribution in [1.82, 2.24) is 4.48 Å². The SMILES string of the molecule is C[Si]1(C)c2ccccc2N2c3cc4c(oc5ccccc54)c4c3B(c3cccc1c32)n1c2ccc3ccccc3c2c2cccc-4c21. The number of hydrogen-bond donors (Lipinski definition) is 0. The third-order valence-corrected chi connectivity index (χ3v) is 15.0. The molecule has 12 rings (SSSR count). The Labute approximate surface area is 272 Å². The molecule has 0 atom stereocenters. The molecule has 0 saturated heterocycles. The van der Waals surface area contributed by atoms with Gasteiger partial charge in [0.05, 0.1) is 0 Å². The number of rotatable bonds is 0. The molecule has 0 N–H and O–H groups in total. The van der Waals surface area contributed by atoms with E-state index in [9.17, 15) is 0 Å². The van der Waals surface area contributed by atoms with Crippen LogP contribution in [0.15, 0.2) is 132 Å². The van der Waals surface area contributed by atoms with Crippen molar-refractivity contribution >= 4 is 108 Å². The van der Waals surface area contributed by atoms with Crippen molar-refractivity contribution in [1.29, 1.82) is 0 Å². The molecule has 0 spiro atoms. The van der Waals surface area contributed by atoms with Crippen molar-refractivity contribution in [2.45, 2.75) is 13.1 Å². The average molecular weight is 615 g/mol. The molecule has 9 aromatic rings. The molecule has 0 unspecified atom stereocenters.